The van der Waals surface area contributed by atoms with Gasteiger partial charge in [-0.05, 0) is 67.1 Å². The van der Waals surface area contributed by atoms with Crippen LogP contribution in [0.25, 0.3) is 0 Å². The van der Waals surface area contributed by atoms with Crippen LogP contribution < -0.4 is 20.4 Å². The van der Waals surface area contributed by atoms with Crippen molar-refractivity contribution < 1.29 is 4.79 Å². The van der Waals surface area contributed by atoms with E-state index in [0.29, 0.717) is 0 Å². The Bertz CT molecular complexity index is 1150. The maximum Gasteiger partial charge on any atom is 0.223 e. The fourth-order valence-electron chi connectivity index (χ4n) is 4.95. The molecule has 0 radical (unpaired) electrons. The van der Waals surface area contributed by atoms with Crippen LogP contribution >= 0.6 is 0 Å². The molecular weight excluding hydrogens is 422 g/mol. The molecule has 0 aromatic heterocycles. The monoisotopic (exact) mass is 455 g/mol. The summed E-state index contributed by atoms with van der Waals surface area (Å²) < 4.78 is 0. The van der Waals surface area contributed by atoms with E-state index in [2.05, 4.69) is 82.0 Å². The minimum atomic E-state index is 0.0825. The summed E-state index contributed by atoms with van der Waals surface area (Å²) in [5.74, 6) is 0.0825. The summed E-state index contributed by atoms with van der Waals surface area (Å²) in [5, 5.41) is 7.06. The van der Waals surface area contributed by atoms with Crippen LogP contribution in [0.3, 0.4) is 0 Å². The number of hydrogen-bond acceptors (Lipinski definition) is 5. The summed E-state index contributed by atoms with van der Waals surface area (Å²) in [7, 11) is 0. The minimum absolute atomic E-state index is 0.0825. The van der Waals surface area contributed by atoms with Crippen molar-refractivity contribution in [3.63, 3.8) is 0 Å². The average Bonchev–Trinajstić information content (AvgIpc) is 3.31. The van der Waals surface area contributed by atoms with Crippen LogP contribution in [0.15, 0.2) is 66.7 Å². The SMILES string of the molecule is CCN1CCN(c2ccc(Nc3cccc(Nc4cccc5c4N(C(C)=O)CC5)c3)cc2)CC1. The zero-order chi connectivity index (χ0) is 23.5. The molecule has 2 heterocycles. The Morgan fingerprint density at radius 3 is 2.24 bits per heavy atom. The molecule has 0 saturated carbocycles. The van der Waals surface area contributed by atoms with Crippen LogP contribution in [0.5, 0.6) is 0 Å². The van der Waals surface area contributed by atoms with E-state index in [4.69, 9.17) is 0 Å². The second kappa shape index (κ2) is 9.77. The zero-order valence-electron chi connectivity index (χ0n) is 20.1. The molecule has 3 aromatic rings. The van der Waals surface area contributed by atoms with Crippen molar-refractivity contribution in [3.05, 3.63) is 72.3 Å². The van der Waals surface area contributed by atoms with Gasteiger partial charge in [0.05, 0.1) is 11.4 Å². The maximum atomic E-state index is 12.1. The second-order valence-electron chi connectivity index (χ2n) is 9.03. The highest BCUT2D eigenvalue weighted by molar-refractivity contribution is 5.98. The van der Waals surface area contributed by atoms with E-state index < -0.39 is 0 Å². The Kier molecular flexibility index (Phi) is 6.41. The molecule has 1 saturated heterocycles. The molecule has 1 amide bonds. The fraction of sp³-hybridized carbons (Fsp3) is 0.321. The van der Waals surface area contributed by atoms with Gasteiger partial charge in [-0.1, -0.05) is 25.1 Å². The van der Waals surface area contributed by atoms with Crippen LogP contribution in [-0.4, -0.2) is 50.1 Å². The van der Waals surface area contributed by atoms with Gasteiger partial charge in [-0.25, -0.2) is 0 Å². The first-order chi connectivity index (χ1) is 16.6. The first kappa shape index (κ1) is 22.3. The second-order valence-corrected chi connectivity index (χ2v) is 9.03. The van der Waals surface area contributed by atoms with Crippen LogP contribution in [0.1, 0.15) is 19.4 Å². The van der Waals surface area contributed by atoms with E-state index in [1.54, 1.807) is 6.92 Å². The van der Waals surface area contributed by atoms with Gasteiger partial charge in [0.25, 0.3) is 0 Å². The van der Waals surface area contributed by atoms with Crippen LogP contribution in [0.2, 0.25) is 0 Å². The highest BCUT2D eigenvalue weighted by Crippen LogP contribution is 2.37. The molecule has 2 aliphatic heterocycles. The average molecular weight is 456 g/mol. The number of para-hydroxylation sites is 1. The number of amides is 1. The van der Waals surface area contributed by atoms with Gasteiger partial charge < -0.3 is 25.3 Å². The molecule has 3 aromatic carbocycles. The first-order valence-electron chi connectivity index (χ1n) is 12.2. The third-order valence-electron chi connectivity index (χ3n) is 6.86. The van der Waals surface area contributed by atoms with Crippen LogP contribution in [0, 0.1) is 0 Å². The molecule has 0 atom stereocenters. The molecule has 0 unspecified atom stereocenters. The highest BCUT2D eigenvalue weighted by atomic mass is 16.2. The summed E-state index contributed by atoms with van der Waals surface area (Å²) in [6.45, 7) is 10.2. The lowest BCUT2D eigenvalue weighted by Crippen LogP contribution is -2.46. The number of fused-ring (bicyclic) bond motifs is 1. The zero-order valence-corrected chi connectivity index (χ0v) is 20.1. The van der Waals surface area contributed by atoms with Gasteiger partial charge in [0.15, 0.2) is 0 Å². The molecule has 2 aliphatic rings. The molecule has 0 spiro atoms. The molecular formula is C28H33N5O. The largest absolute Gasteiger partial charge is 0.369 e. The Balaban J connectivity index is 1.27. The topological polar surface area (TPSA) is 50.9 Å². The Labute approximate surface area is 202 Å². The maximum absolute atomic E-state index is 12.1. The molecule has 34 heavy (non-hydrogen) atoms. The summed E-state index contributed by atoms with van der Waals surface area (Å²) in [6.07, 6.45) is 0.899. The third kappa shape index (κ3) is 4.73. The van der Waals surface area contributed by atoms with Crippen LogP contribution in [-0.2, 0) is 11.2 Å². The van der Waals surface area contributed by atoms with Crippen molar-refractivity contribution in [2.24, 2.45) is 0 Å². The lowest BCUT2D eigenvalue weighted by Gasteiger charge is -2.35. The lowest BCUT2D eigenvalue weighted by atomic mass is 10.1. The standard InChI is InChI=1S/C28H33N5O/c1-3-31-16-18-32(19-17-31)26-12-10-23(11-13-26)29-24-7-5-8-25(20-24)30-27-9-4-6-22-14-15-33(21(2)34)28(22)27/h4-13,20,29-30H,3,14-19H2,1-2H3. The van der Waals surface area contributed by atoms with Crippen molar-refractivity contribution >= 4 is 40.0 Å². The first-order valence-corrected chi connectivity index (χ1v) is 12.2. The Morgan fingerprint density at radius 2 is 1.53 bits per heavy atom. The Hall–Kier alpha value is -3.51. The molecule has 6 nitrogen and oxygen atoms in total. The summed E-state index contributed by atoms with van der Waals surface area (Å²) in [6, 6.07) is 23.2. The number of nitrogens with one attached hydrogen (secondary N) is 2. The van der Waals surface area contributed by atoms with Crippen molar-refractivity contribution in [1.82, 2.24) is 4.90 Å². The van der Waals surface area contributed by atoms with E-state index in [-0.39, 0.29) is 5.91 Å². The van der Waals surface area contributed by atoms with E-state index in [1.807, 2.05) is 17.0 Å². The number of piperazine rings is 1. The lowest BCUT2D eigenvalue weighted by molar-refractivity contribution is -0.116. The van der Waals surface area contributed by atoms with E-state index in [0.717, 1.165) is 74.1 Å². The van der Waals surface area contributed by atoms with Crippen LogP contribution in [0.4, 0.5) is 34.1 Å². The summed E-state index contributed by atoms with van der Waals surface area (Å²) in [5.41, 5.74) is 7.54. The van der Waals surface area contributed by atoms with E-state index >= 15 is 0 Å². The molecule has 1 fully saturated rings. The van der Waals surface area contributed by atoms with E-state index in [1.165, 1.54) is 11.3 Å². The number of anilines is 6. The molecule has 0 bridgehead atoms. The van der Waals surface area contributed by atoms with Gasteiger partial charge in [-0.15, -0.1) is 0 Å². The molecule has 176 valence electrons. The molecule has 5 rings (SSSR count). The quantitative estimate of drug-likeness (QED) is 0.533. The Morgan fingerprint density at radius 1 is 0.824 bits per heavy atom. The number of hydrogen-bond donors (Lipinski definition) is 2. The van der Waals surface area contributed by atoms with Crippen molar-refractivity contribution in [1.29, 1.82) is 0 Å². The van der Waals surface area contributed by atoms with Crippen molar-refractivity contribution in [3.8, 4) is 0 Å². The van der Waals surface area contributed by atoms with Gasteiger partial charge in [0.1, 0.15) is 0 Å². The third-order valence-corrected chi connectivity index (χ3v) is 6.86. The summed E-state index contributed by atoms with van der Waals surface area (Å²) >= 11 is 0. The molecule has 6 heteroatoms. The van der Waals surface area contributed by atoms with E-state index in [9.17, 15) is 4.79 Å². The van der Waals surface area contributed by atoms with Gasteiger partial charge in [-0.3, -0.25) is 4.79 Å². The number of carbonyl (C=O) groups is 1. The van der Waals surface area contributed by atoms with Gasteiger partial charge in [-0.2, -0.15) is 0 Å². The number of rotatable bonds is 6. The number of likely N-dealkylation sites (N-methyl/N-ethyl adjacent to an activating group) is 1. The van der Waals surface area contributed by atoms with Gasteiger partial charge in [0, 0.05) is 62.4 Å². The highest BCUT2D eigenvalue weighted by Gasteiger charge is 2.25. The fourth-order valence-corrected chi connectivity index (χ4v) is 4.95. The predicted octanol–water partition coefficient (Wildman–Crippen LogP) is 5.22. The molecule has 0 aliphatic carbocycles. The van der Waals surface area contributed by atoms with Gasteiger partial charge in [0.2, 0.25) is 5.91 Å². The number of nitrogens with zero attached hydrogens (tertiary/aromatic N) is 3. The molecule has 2 N–H and O–H groups in total. The normalized spacial score (nSPS) is 15.8. The van der Waals surface area contributed by atoms with Crippen molar-refractivity contribution in [2.75, 3.05) is 59.7 Å². The summed E-state index contributed by atoms with van der Waals surface area (Å²) in [4.78, 5) is 18.9. The van der Waals surface area contributed by atoms with Crippen molar-refractivity contribution in [2.45, 2.75) is 20.3 Å². The van der Waals surface area contributed by atoms with Gasteiger partial charge >= 0.3 is 0 Å². The minimum Gasteiger partial charge on any atom is -0.369 e. The smallest absolute Gasteiger partial charge is 0.223 e. The number of carbonyl (C=O) groups excluding carboxylic acids is 1. The number of benzene rings is 3. The predicted molar refractivity (Wildman–Crippen MR) is 142 cm³/mol.